The average molecular weight is 581 g/mol. The smallest absolute Gasteiger partial charge is 0.255 e. The Morgan fingerprint density at radius 2 is 1.47 bits per heavy atom. The molecule has 5 rings (SSSR count). The van der Waals surface area contributed by atoms with Crippen molar-refractivity contribution in [2.45, 2.75) is 65.3 Å². The molecule has 7 heteroatoms. The molecule has 3 aromatic rings. The van der Waals surface area contributed by atoms with Crippen molar-refractivity contribution in [3.63, 3.8) is 0 Å². The van der Waals surface area contributed by atoms with E-state index in [0.29, 0.717) is 12.0 Å². The molecule has 0 radical (unpaired) electrons. The first-order valence-corrected chi connectivity index (χ1v) is 15.8. The van der Waals surface area contributed by atoms with Crippen LogP contribution in [-0.2, 0) is 16.1 Å². The minimum absolute atomic E-state index is 0.108. The van der Waals surface area contributed by atoms with Crippen LogP contribution >= 0.6 is 0 Å². The quantitative estimate of drug-likeness (QED) is 0.289. The third-order valence-electron chi connectivity index (χ3n) is 8.75. The molecule has 1 aliphatic carbocycles. The van der Waals surface area contributed by atoms with Gasteiger partial charge < -0.3 is 15.5 Å². The van der Waals surface area contributed by atoms with Gasteiger partial charge in [-0.25, -0.2) is 0 Å². The second-order valence-corrected chi connectivity index (χ2v) is 12.0. The van der Waals surface area contributed by atoms with E-state index >= 15 is 0 Å². The van der Waals surface area contributed by atoms with Gasteiger partial charge in [0.1, 0.15) is 0 Å². The summed E-state index contributed by atoms with van der Waals surface area (Å²) in [6.07, 6.45) is 6.95. The van der Waals surface area contributed by atoms with Gasteiger partial charge in [0.25, 0.3) is 5.91 Å². The summed E-state index contributed by atoms with van der Waals surface area (Å²) in [5.41, 5.74) is 6.49. The zero-order valence-corrected chi connectivity index (χ0v) is 25.5. The molecule has 2 N–H and O–H groups in total. The highest BCUT2D eigenvalue weighted by Gasteiger charge is 2.22. The number of piperazine rings is 1. The van der Waals surface area contributed by atoms with Crippen LogP contribution < -0.4 is 10.6 Å². The van der Waals surface area contributed by atoms with Crippen LogP contribution in [0.5, 0.6) is 0 Å². The van der Waals surface area contributed by atoms with E-state index in [9.17, 15) is 14.4 Å². The molecule has 0 atom stereocenters. The Balaban J connectivity index is 1.14. The number of nitrogens with one attached hydrogen (secondary N) is 2. The number of hydrogen-bond donors (Lipinski definition) is 2. The molecule has 0 spiro atoms. The van der Waals surface area contributed by atoms with Crippen LogP contribution in [0.25, 0.3) is 11.1 Å². The fourth-order valence-electron chi connectivity index (χ4n) is 6.10. The number of hydrogen-bond acceptors (Lipinski definition) is 4. The molecule has 3 amide bonds. The Morgan fingerprint density at radius 3 is 2.14 bits per heavy atom. The highest BCUT2D eigenvalue weighted by Crippen LogP contribution is 2.29. The minimum Gasteiger partial charge on any atom is -0.340 e. The number of anilines is 2. The molecular weight excluding hydrogens is 536 g/mol. The SMILES string of the molecule is CCCC(=O)N1CCN(Cc2ccc(NC(=O)c3ccc(-c4cc(NC(=O)C5CCCCC5)ccc4C)cc3)cc2)CC1. The summed E-state index contributed by atoms with van der Waals surface area (Å²) in [6, 6.07) is 21.6. The van der Waals surface area contributed by atoms with E-state index in [0.717, 1.165) is 92.9 Å². The largest absolute Gasteiger partial charge is 0.340 e. The molecule has 43 heavy (non-hydrogen) atoms. The second-order valence-electron chi connectivity index (χ2n) is 12.0. The zero-order valence-electron chi connectivity index (χ0n) is 25.5. The van der Waals surface area contributed by atoms with Crippen LogP contribution in [0.3, 0.4) is 0 Å². The molecule has 226 valence electrons. The summed E-state index contributed by atoms with van der Waals surface area (Å²) < 4.78 is 0. The first-order valence-electron chi connectivity index (χ1n) is 15.8. The number of carbonyl (C=O) groups excluding carboxylic acids is 3. The minimum atomic E-state index is -0.155. The van der Waals surface area contributed by atoms with Gasteiger partial charge in [-0.3, -0.25) is 19.3 Å². The maximum atomic E-state index is 13.0. The van der Waals surface area contributed by atoms with Crippen molar-refractivity contribution in [1.29, 1.82) is 0 Å². The lowest BCUT2D eigenvalue weighted by atomic mass is 9.88. The predicted octanol–water partition coefficient (Wildman–Crippen LogP) is 6.88. The van der Waals surface area contributed by atoms with E-state index in [4.69, 9.17) is 0 Å². The molecule has 2 fully saturated rings. The fraction of sp³-hybridized carbons (Fsp3) is 0.417. The van der Waals surface area contributed by atoms with E-state index in [2.05, 4.69) is 34.6 Å². The van der Waals surface area contributed by atoms with E-state index in [1.165, 1.54) is 12.0 Å². The standard InChI is InChI=1S/C36H44N4O3/c1-3-7-34(41)40-22-20-39(21-23-40)25-27-11-18-31(19-12-27)37-36(43)30-15-13-28(14-16-30)33-24-32(17-10-26(33)2)38-35(42)29-8-5-4-6-9-29/h10-19,24,29H,3-9,20-23,25H2,1-2H3,(H,37,43)(H,38,42). The summed E-state index contributed by atoms with van der Waals surface area (Å²) in [4.78, 5) is 42.2. The number of rotatable bonds is 9. The Kier molecular flexibility index (Phi) is 10.3. The van der Waals surface area contributed by atoms with Gasteiger partial charge in [-0.1, -0.05) is 56.5 Å². The lowest BCUT2D eigenvalue weighted by Gasteiger charge is -2.34. The molecule has 7 nitrogen and oxygen atoms in total. The van der Waals surface area contributed by atoms with Gasteiger partial charge in [0, 0.05) is 62.0 Å². The Hall–Kier alpha value is -3.97. The van der Waals surface area contributed by atoms with Crippen molar-refractivity contribution < 1.29 is 14.4 Å². The van der Waals surface area contributed by atoms with Gasteiger partial charge in [-0.05, 0) is 84.8 Å². The highest BCUT2D eigenvalue weighted by molar-refractivity contribution is 6.04. The van der Waals surface area contributed by atoms with Gasteiger partial charge in [-0.2, -0.15) is 0 Å². The number of amides is 3. The van der Waals surface area contributed by atoms with Crippen LogP contribution in [0.4, 0.5) is 11.4 Å². The molecule has 1 heterocycles. The lowest BCUT2D eigenvalue weighted by molar-refractivity contribution is -0.133. The van der Waals surface area contributed by atoms with E-state index in [-0.39, 0.29) is 23.6 Å². The lowest BCUT2D eigenvalue weighted by Crippen LogP contribution is -2.48. The second kappa shape index (κ2) is 14.5. The monoisotopic (exact) mass is 580 g/mol. The Bertz CT molecular complexity index is 1400. The molecule has 1 saturated carbocycles. The number of carbonyl (C=O) groups is 3. The third kappa shape index (κ3) is 8.11. The van der Waals surface area contributed by atoms with E-state index < -0.39 is 0 Å². The highest BCUT2D eigenvalue weighted by atomic mass is 16.2. The summed E-state index contributed by atoms with van der Waals surface area (Å²) in [5.74, 6) is 0.332. The van der Waals surface area contributed by atoms with E-state index in [1.54, 1.807) is 0 Å². The van der Waals surface area contributed by atoms with Gasteiger partial charge in [0.05, 0.1) is 0 Å². The van der Waals surface area contributed by atoms with Crippen molar-refractivity contribution in [2.75, 3.05) is 36.8 Å². The van der Waals surface area contributed by atoms with Crippen molar-refractivity contribution in [3.05, 3.63) is 83.4 Å². The fourth-order valence-corrected chi connectivity index (χ4v) is 6.10. The van der Waals surface area contributed by atoms with Crippen LogP contribution in [0, 0.1) is 12.8 Å². The van der Waals surface area contributed by atoms with Crippen LogP contribution in [0.2, 0.25) is 0 Å². The summed E-state index contributed by atoms with van der Waals surface area (Å²) in [6.45, 7) is 8.25. The molecule has 0 unspecified atom stereocenters. The Labute approximate surface area is 255 Å². The number of nitrogens with zero attached hydrogens (tertiary/aromatic N) is 2. The molecule has 3 aromatic carbocycles. The van der Waals surface area contributed by atoms with Gasteiger partial charge in [0.2, 0.25) is 11.8 Å². The van der Waals surface area contributed by atoms with Crippen LogP contribution in [0.1, 0.15) is 73.4 Å². The zero-order chi connectivity index (χ0) is 30.2. The van der Waals surface area contributed by atoms with Crippen LogP contribution in [0.15, 0.2) is 66.7 Å². The molecule has 0 bridgehead atoms. The average Bonchev–Trinajstić information content (AvgIpc) is 3.04. The van der Waals surface area contributed by atoms with Crippen molar-refractivity contribution in [1.82, 2.24) is 9.80 Å². The maximum absolute atomic E-state index is 13.0. The Morgan fingerprint density at radius 1 is 0.791 bits per heavy atom. The summed E-state index contributed by atoms with van der Waals surface area (Å²) >= 11 is 0. The maximum Gasteiger partial charge on any atom is 0.255 e. The van der Waals surface area contributed by atoms with Crippen molar-refractivity contribution in [2.24, 2.45) is 5.92 Å². The number of benzene rings is 3. The molecule has 1 aliphatic heterocycles. The van der Waals surface area contributed by atoms with Crippen molar-refractivity contribution in [3.8, 4) is 11.1 Å². The molecule has 2 aliphatic rings. The normalized spacial score (nSPS) is 16.1. The predicted molar refractivity (Wildman–Crippen MR) is 173 cm³/mol. The van der Waals surface area contributed by atoms with Crippen LogP contribution in [-0.4, -0.2) is 53.7 Å². The molecule has 1 saturated heterocycles. The summed E-state index contributed by atoms with van der Waals surface area (Å²) in [7, 11) is 0. The van der Waals surface area contributed by atoms with Gasteiger partial charge >= 0.3 is 0 Å². The van der Waals surface area contributed by atoms with Gasteiger partial charge in [0.15, 0.2) is 0 Å². The summed E-state index contributed by atoms with van der Waals surface area (Å²) in [5, 5.41) is 6.13. The first-order chi connectivity index (χ1) is 20.9. The first kappa shape index (κ1) is 30.5. The van der Waals surface area contributed by atoms with Crippen molar-refractivity contribution >= 4 is 29.1 Å². The van der Waals surface area contributed by atoms with Gasteiger partial charge in [-0.15, -0.1) is 0 Å². The molecule has 0 aromatic heterocycles. The number of aryl methyl sites for hydroxylation is 1. The topological polar surface area (TPSA) is 81.8 Å². The third-order valence-corrected chi connectivity index (χ3v) is 8.75. The van der Waals surface area contributed by atoms with E-state index in [1.807, 2.05) is 66.4 Å². The molecular formula is C36H44N4O3.